The average Bonchev–Trinajstić information content (AvgIpc) is 3.59. The number of benzene rings is 1. The van der Waals surface area contributed by atoms with Crippen molar-refractivity contribution in [2.24, 2.45) is 0 Å². The minimum atomic E-state index is -0.506. The van der Waals surface area contributed by atoms with E-state index in [4.69, 9.17) is 0 Å². The number of aryl methyl sites for hydroxylation is 2. The zero-order valence-electron chi connectivity index (χ0n) is 18.3. The molecule has 2 aliphatic heterocycles. The number of anilines is 1. The lowest BCUT2D eigenvalue weighted by Crippen LogP contribution is -2.36. The second-order valence-electron chi connectivity index (χ2n) is 8.47. The summed E-state index contributed by atoms with van der Waals surface area (Å²) in [4.78, 5) is 22.1. The van der Waals surface area contributed by atoms with Gasteiger partial charge in [0.05, 0.1) is 28.4 Å². The zero-order valence-corrected chi connectivity index (χ0v) is 19.2. The number of amides is 2. The molecular formula is C20H25N9O4S. The standard InChI is InChI=1S/C20H25N9O4S/c30-20-22-14-11-34-16(17(14)23-20)5-2-1-4-12-10-28(27-24-12)9-3-8-21-13-6-7-15(29(31)32)19-18(13)25-33-26-19/h6-7,10,14,16-17,21H,1-5,8-9,11H2,(H2,22,23,30)/t14-,16-,17-/m0/s1. The van der Waals surface area contributed by atoms with Crippen molar-refractivity contribution in [3.8, 4) is 0 Å². The van der Waals surface area contributed by atoms with Gasteiger partial charge in [-0.25, -0.2) is 9.42 Å². The molecule has 0 radical (unpaired) electrons. The highest BCUT2D eigenvalue weighted by Crippen LogP contribution is 2.33. The van der Waals surface area contributed by atoms with E-state index in [9.17, 15) is 14.9 Å². The zero-order chi connectivity index (χ0) is 23.5. The average molecular weight is 488 g/mol. The molecule has 0 spiro atoms. The molecule has 1 aromatic carbocycles. The minimum Gasteiger partial charge on any atom is -0.383 e. The van der Waals surface area contributed by atoms with Crippen LogP contribution in [-0.4, -0.2) is 65.9 Å². The Morgan fingerprint density at radius 1 is 1.24 bits per heavy atom. The van der Waals surface area contributed by atoms with Gasteiger partial charge in [-0.15, -0.1) is 5.10 Å². The first kappa shape index (κ1) is 22.4. The van der Waals surface area contributed by atoms with Crippen LogP contribution >= 0.6 is 11.8 Å². The number of nitrogens with zero attached hydrogens (tertiary/aromatic N) is 6. The van der Waals surface area contributed by atoms with Crippen LogP contribution in [0.2, 0.25) is 0 Å². The molecule has 2 fully saturated rings. The number of nitro groups is 1. The van der Waals surface area contributed by atoms with Crippen LogP contribution < -0.4 is 16.0 Å². The number of nitrogens with one attached hydrogen (secondary N) is 3. The molecule has 4 heterocycles. The van der Waals surface area contributed by atoms with E-state index < -0.39 is 4.92 Å². The fraction of sp³-hybridized carbons (Fsp3) is 0.550. The Kier molecular flexibility index (Phi) is 6.47. The van der Waals surface area contributed by atoms with E-state index >= 15 is 0 Å². The van der Waals surface area contributed by atoms with Gasteiger partial charge in [-0.3, -0.25) is 14.8 Å². The van der Waals surface area contributed by atoms with Gasteiger partial charge in [-0.05, 0) is 42.1 Å². The summed E-state index contributed by atoms with van der Waals surface area (Å²) in [5.41, 5.74) is 1.96. The van der Waals surface area contributed by atoms with Crippen LogP contribution in [0.15, 0.2) is 23.0 Å². The molecule has 34 heavy (non-hydrogen) atoms. The molecule has 2 amide bonds. The van der Waals surface area contributed by atoms with Gasteiger partial charge < -0.3 is 16.0 Å². The van der Waals surface area contributed by atoms with E-state index in [0.29, 0.717) is 29.5 Å². The maximum absolute atomic E-state index is 11.5. The van der Waals surface area contributed by atoms with Crippen LogP contribution in [0.5, 0.6) is 0 Å². The molecule has 2 saturated heterocycles. The molecule has 2 aliphatic rings. The number of aromatic nitrogens is 5. The summed E-state index contributed by atoms with van der Waals surface area (Å²) in [6, 6.07) is 3.50. The van der Waals surface area contributed by atoms with Crippen LogP contribution in [0.3, 0.4) is 0 Å². The number of carbonyl (C=O) groups excluding carboxylic acids is 1. The van der Waals surface area contributed by atoms with Crippen molar-refractivity contribution in [3.05, 3.63) is 34.1 Å². The number of thioether (sulfide) groups is 1. The van der Waals surface area contributed by atoms with E-state index in [-0.39, 0.29) is 29.3 Å². The van der Waals surface area contributed by atoms with Crippen molar-refractivity contribution in [3.63, 3.8) is 0 Å². The molecule has 0 bridgehead atoms. The Morgan fingerprint density at radius 2 is 2.12 bits per heavy atom. The molecule has 180 valence electrons. The number of urea groups is 1. The minimum absolute atomic E-state index is 0.0386. The maximum atomic E-state index is 11.5. The predicted octanol–water partition coefficient (Wildman–Crippen LogP) is 2.10. The van der Waals surface area contributed by atoms with Gasteiger partial charge in [0, 0.05) is 36.4 Å². The molecule has 3 aromatic rings. The first-order valence-corrected chi connectivity index (χ1v) is 12.3. The second kappa shape index (κ2) is 9.83. The summed E-state index contributed by atoms with van der Waals surface area (Å²) in [6.45, 7) is 1.32. The quantitative estimate of drug-likeness (QED) is 0.158. The summed E-state index contributed by atoms with van der Waals surface area (Å²) in [6.07, 6.45) is 6.87. The van der Waals surface area contributed by atoms with Crippen molar-refractivity contribution in [2.75, 3.05) is 17.6 Å². The van der Waals surface area contributed by atoms with E-state index in [2.05, 4.69) is 41.2 Å². The Labute approximate surface area is 198 Å². The molecule has 0 aliphatic carbocycles. The molecule has 13 nitrogen and oxygen atoms in total. The number of fused-ring (bicyclic) bond motifs is 2. The van der Waals surface area contributed by atoms with E-state index in [1.807, 2.05) is 22.6 Å². The molecule has 0 unspecified atom stereocenters. The summed E-state index contributed by atoms with van der Waals surface area (Å²) in [5.74, 6) is 0.988. The Bertz CT molecular complexity index is 1180. The van der Waals surface area contributed by atoms with E-state index in [0.717, 1.165) is 43.6 Å². The largest absolute Gasteiger partial charge is 0.383 e. The molecular weight excluding hydrogens is 462 g/mol. The number of nitro benzene ring substituents is 1. The predicted molar refractivity (Wildman–Crippen MR) is 125 cm³/mol. The topological polar surface area (TPSA) is 166 Å². The number of rotatable bonds is 11. The molecule has 3 atom stereocenters. The van der Waals surface area contributed by atoms with Gasteiger partial charge in [-0.1, -0.05) is 11.6 Å². The Morgan fingerprint density at radius 3 is 3.00 bits per heavy atom. The van der Waals surface area contributed by atoms with Gasteiger partial charge in [-0.2, -0.15) is 11.8 Å². The highest BCUT2D eigenvalue weighted by molar-refractivity contribution is 8.00. The van der Waals surface area contributed by atoms with Crippen LogP contribution in [0.4, 0.5) is 16.2 Å². The number of unbranched alkanes of at least 4 members (excludes halogenated alkanes) is 1. The van der Waals surface area contributed by atoms with Crippen molar-refractivity contribution in [1.82, 2.24) is 35.9 Å². The maximum Gasteiger partial charge on any atom is 0.315 e. The molecule has 14 heteroatoms. The third kappa shape index (κ3) is 4.76. The molecule has 5 rings (SSSR count). The van der Waals surface area contributed by atoms with Gasteiger partial charge in [0.15, 0.2) is 5.52 Å². The second-order valence-corrected chi connectivity index (χ2v) is 9.74. The summed E-state index contributed by atoms with van der Waals surface area (Å²) < 4.78 is 6.51. The number of carbonyl (C=O) groups is 1. The van der Waals surface area contributed by atoms with Gasteiger partial charge in [0.2, 0.25) is 5.52 Å². The monoisotopic (exact) mass is 487 g/mol. The van der Waals surface area contributed by atoms with Crippen LogP contribution in [0.1, 0.15) is 31.4 Å². The summed E-state index contributed by atoms with van der Waals surface area (Å²) >= 11 is 1.94. The first-order valence-electron chi connectivity index (χ1n) is 11.3. The summed E-state index contributed by atoms with van der Waals surface area (Å²) in [5, 5.41) is 36.7. The van der Waals surface area contributed by atoms with Gasteiger partial charge in [0.25, 0.3) is 0 Å². The van der Waals surface area contributed by atoms with Gasteiger partial charge >= 0.3 is 11.7 Å². The van der Waals surface area contributed by atoms with E-state index in [1.165, 1.54) is 6.07 Å². The van der Waals surface area contributed by atoms with Crippen molar-refractivity contribution < 1.29 is 14.3 Å². The molecule has 3 N–H and O–H groups in total. The molecule has 2 aromatic heterocycles. The fourth-order valence-electron chi connectivity index (χ4n) is 4.46. The normalized spacial score (nSPS) is 21.4. The summed E-state index contributed by atoms with van der Waals surface area (Å²) in [7, 11) is 0. The van der Waals surface area contributed by atoms with Crippen LogP contribution in [0.25, 0.3) is 11.0 Å². The van der Waals surface area contributed by atoms with Crippen LogP contribution in [-0.2, 0) is 13.0 Å². The Balaban J connectivity index is 1.02. The SMILES string of the molecule is O=C1N[C@H]2[C@H](CS[C@H]2CCCCc2cn(CCCNc3ccc([N+](=O)[O-])c4nonc34)nn2)N1. The number of hydrogen-bond donors (Lipinski definition) is 3. The Hall–Kier alpha value is -3.42. The lowest BCUT2D eigenvalue weighted by atomic mass is 10.0. The van der Waals surface area contributed by atoms with Crippen molar-refractivity contribution in [2.45, 2.75) is 56.0 Å². The van der Waals surface area contributed by atoms with Crippen molar-refractivity contribution in [1.29, 1.82) is 0 Å². The highest BCUT2D eigenvalue weighted by Gasteiger charge is 2.42. The van der Waals surface area contributed by atoms with Crippen molar-refractivity contribution >= 4 is 40.2 Å². The smallest absolute Gasteiger partial charge is 0.315 e. The fourth-order valence-corrected chi connectivity index (χ4v) is 6.01. The highest BCUT2D eigenvalue weighted by atomic mass is 32.2. The number of non-ortho nitro benzene ring substituents is 1. The lowest BCUT2D eigenvalue weighted by molar-refractivity contribution is -0.383. The van der Waals surface area contributed by atoms with Gasteiger partial charge in [0.1, 0.15) is 0 Å². The van der Waals surface area contributed by atoms with Crippen LogP contribution in [0, 0.1) is 10.1 Å². The van der Waals surface area contributed by atoms with E-state index in [1.54, 1.807) is 6.07 Å². The number of hydrogen-bond acceptors (Lipinski definition) is 10. The first-order chi connectivity index (χ1) is 16.6. The third-order valence-electron chi connectivity index (χ3n) is 6.17. The third-order valence-corrected chi connectivity index (χ3v) is 7.67. The lowest BCUT2D eigenvalue weighted by Gasteiger charge is -2.16. The molecule has 0 saturated carbocycles.